The molecule has 8 nitrogen and oxygen atoms in total. The van der Waals surface area contributed by atoms with Crippen molar-refractivity contribution in [2.24, 2.45) is 5.10 Å². The number of rotatable bonds is 4. The summed E-state index contributed by atoms with van der Waals surface area (Å²) in [6.45, 7) is 3.83. The third-order valence-electron chi connectivity index (χ3n) is 3.80. The average Bonchev–Trinajstić information content (AvgIpc) is 3.08. The molecule has 1 aliphatic rings. The van der Waals surface area contributed by atoms with Crippen molar-refractivity contribution in [1.82, 2.24) is 5.01 Å². The summed E-state index contributed by atoms with van der Waals surface area (Å²) in [5.74, 6) is -1.10. The molecule has 0 fully saturated rings. The first-order valence-electron chi connectivity index (χ1n) is 8.56. The molecule has 29 heavy (non-hydrogen) atoms. The monoisotopic (exact) mass is 460 g/mol. The van der Waals surface area contributed by atoms with Crippen molar-refractivity contribution in [2.75, 3.05) is 0 Å². The zero-order valence-electron chi connectivity index (χ0n) is 15.8. The van der Waals surface area contributed by atoms with E-state index in [1.165, 1.54) is 37.9 Å². The Kier molecular flexibility index (Phi) is 5.97. The van der Waals surface area contributed by atoms with Crippen molar-refractivity contribution < 1.29 is 28.6 Å². The van der Waals surface area contributed by atoms with Gasteiger partial charge in [0, 0.05) is 36.4 Å². The molecule has 0 saturated carbocycles. The lowest BCUT2D eigenvalue weighted by Gasteiger charge is -2.20. The third-order valence-corrected chi connectivity index (χ3v) is 4.29. The topological polar surface area (TPSA) is 94.5 Å². The van der Waals surface area contributed by atoms with Crippen LogP contribution in [0.2, 0.25) is 0 Å². The Hall–Kier alpha value is -3.20. The van der Waals surface area contributed by atoms with Gasteiger partial charge in [-0.2, -0.15) is 5.01 Å². The molecule has 0 aromatic heterocycles. The molecule has 0 saturated heterocycles. The molecule has 0 aliphatic carbocycles. The van der Waals surface area contributed by atoms with Gasteiger partial charge in [0.15, 0.2) is 11.5 Å². The molecule has 0 spiro atoms. The minimum atomic E-state index is -0.873. The number of esters is 2. The number of hydrazone groups is 1. The highest BCUT2D eigenvalue weighted by Gasteiger charge is 2.34. The molecule has 0 bridgehead atoms. The van der Waals surface area contributed by atoms with Gasteiger partial charge in [-0.1, -0.05) is 22.0 Å². The summed E-state index contributed by atoms with van der Waals surface area (Å²) in [6, 6.07) is 11.8. The first kappa shape index (κ1) is 20.5. The smallest absolute Gasteiger partial charge is 0.308 e. The molecule has 2 aromatic rings. The number of ether oxygens (including phenoxy) is 3. The van der Waals surface area contributed by atoms with E-state index in [0.29, 0.717) is 11.1 Å². The number of amides is 1. The Bertz CT molecular complexity index is 1020. The van der Waals surface area contributed by atoms with Crippen molar-refractivity contribution in [2.45, 2.75) is 27.0 Å². The highest BCUT2D eigenvalue weighted by molar-refractivity contribution is 9.10. The summed E-state index contributed by atoms with van der Waals surface area (Å²) in [6.07, 6.45) is -0.873. The number of hydrogen-bond donors (Lipinski definition) is 0. The zero-order chi connectivity index (χ0) is 21.1. The van der Waals surface area contributed by atoms with Crippen LogP contribution in [0, 0.1) is 0 Å². The van der Waals surface area contributed by atoms with Gasteiger partial charge in [0.1, 0.15) is 0 Å². The Morgan fingerprint density at radius 2 is 1.69 bits per heavy atom. The van der Waals surface area contributed by atoms with E-state index in [2.05, 4.69) is 21.0 Å². The number of carbonyl (C=O) groups excluding carboxylic acids is 3. The molecule has 150 valence electrons. The van der Waals surface area contributed by atoms with Crippen LogP contribution in [-0.2, 0) is 19.1 Å². The number of nitrogens with zero attached hydrogens (tertiary/aromatic N) is 2. The molecule has 1 atom stereocenters. The van der Waals surface area contributed by atoms with E-state index in [9.17, 15) is 14.4 Å². The van der Waals surface area contributed by atoms with Crippen molar-refractivity contribution in [1.29, 1.82) is 0 Å². The largest absolute Gasteiger partial charge is 0.446 e. The SMILES string of the molecule is CC(=O)Oc1ccc([C@H]2OC(c3cccc(Br)c3)=NN2C(C)=O)cc1OC(C)=O. The standard InChI is InChI=1S/C20H17BrN2O6/c1-11(24)23-20(29-19(22-23)14-5-4-6-16(21)9-14)15-7-8-17(27-12(2)25)18(10-15)28-13(3)26/h4-10,20H,1-3H3/t20-/m1/s1. The van der Waals surface area contributed by atoms with Crippen molar-refractivity contribution in [3.8, 4) is 11.5 Å². The number of hydrogen-bond acceptors (Lipinski definition) is 7. The average molecular weight is 461 g/mol. The molecule has 9 heteroatoms. The molecule has 2 aromatic carbocycles. The molecule has 1 aliphatic heterocycles. The maximum absolute atomic E-state index is 12.1. The summed E-state index contributed by atoms with van der Waals surface area (Å²) in [5, 5.41) is 5.47. The van der Waals surface area contributed by atoms with Gasteiger partial charge in [0.25, 0.3) is 0 Å². The summed E-state index contributed by atoms with van der Waals surface area (Å²) in [7, 11) is 0. The van der Waals surface area contributed by atoms with Gasteiger partial charge in [-0.25, -0.2) is 0 Å². The summed E-state index contributed by atoms with van der Waals surface area (Å²) < 4.78 is 17.0. The fourth-order valence-corrected chi connectivity index (χ4v) is 3.07. The van der Waals surface area contributed by atoms with Crippen molar-refractivity contribution in [3.63, 3.8) is 0 Å². The number of benzene rings is 2. The van der Waals surface area contributed by atoms with Gasteiger partial charge in [0.05, 0.1) is 0 Å². The van der Waals surface area contributed by atoms with E-state index in [-0.39, 0.29) is 23.3 Å². The number of halogens is 1. The van der Waals surface area contributed by atoms with Crippen LogP contribution in [-0.4, -0.2) is 28.8 Å². The lowest BCUT2D eigenvalue weighted by Crippen LogP contribution is -2.25. The predicted molar refractivity (Wildman–Crippen MR) is 106 cm³/mol. The highest BCUT2D eigenvalue weighted by Crippen LogP contribution is 2.36. The molecule has 0 radical (unpaired) electrons. The molecule has 0 unspecified atom stereocenters. The maximum atomic E-state index is 12.1. The van der Waals surface area contributed by atoms with E-state index in [1.807, 2.05) is 18.2 Å². The van der Waals surface area contributed by atoms with Crippen molar-refractivity contribution in [3.05, 3.63) is 58.1 Å². The summed E-state index contributed by atoms with van der Waals surface area (Å²) >= 11 is 3.39. The minimum absolute atomic E-state index is 0.0354. The maximum Gasteiger partial charge on any atom is 0.308 e. The lowest BCUT2D eigenvalue weighted by atomic mass is 10.1. The summed E-state index contributed by atoms with van der Waals surface area (Å²) in [4.78, 5) is 34.9. The van der Waals surface area contributed by atoms with Crippen LogP contribution < -0.4 is 9.47 Å². The van der Waals surface area contributed by atoms with Crippen LogP contribution in [0.4, 0.5) is 0 Å². The van der Waals surface area contributed by atoms with E-state index in [4.69, 9.17) is 14.2 Å². The Labute approximate surface area is 175 Å². The van der Waals surface area contributed by atoms with Gasteiger partial charge < -0.3 is 14.2 Å². The van der Waals surface area contributed by atoms with Gasteiger partial charge in [0.2, 0.25) is 18.0 Å². The first-order valence-corrected chi connectivity index (χ1v) is 9.35. The van der Waals surface area contributed by atoms with Gasteiger partial charge in [-0.05, 0) is 36.4 Å². The zero-order valence-corrected chi connectivity index (χ0v) is 17.4. The second kappa shape index (κ2) is 8.44. The molecular weight excluding hydrogens is 444 g/mol. The van der Waals surface area contributed by atoms with Crippen LogP contribution in [0.3, 0.4) is 0 Å². The minimum Gasteiger partial charge on any atom is -0.446 e. The van der Waals surface area contributed by atoms with Crippen LogP contribution in [0.1, 0.15) is 38.1 Å². The third kappa shape index (κ3) is 4.80. The molecule has 3 rings (SSSR count). The Morgan fingerprint density at radius 1 is 1.00 bits per heavy atom. The van der Waals surface area contributed by atoms with E-state index < -0.39 is 18.2 Å². The van der Waals surface area contributed by atoms with Crippen molar-refractivity contribution >= 4 is 39.7 Å². The highest BCUT2D eigenvalue weighted by atomic mass is 79.9. The molecular formula is C20H17BrN2O6. The molecule has 0 N–H and O–H groups in total. The molecule has 1 heterocycles. The number of carbonyl (C=O) groups is 3. The molecule has 1 amide bonds. The quantitative estimate of drug-likeness (QED) is 0.511. The fraction of sp³-hybridized carbons (Fsp3) is 0.200. The van der Waals surface area contributed by atoms with Crippen LogP contribution in [0.15, 0.2) is 52.0 Å². The Morgan fingerprint density at radius 3 is 2.31 bits per heavy atom. The second-order valence-corrected chi connectivity index (χ2v) is 7.06. The van der Waals surface area contributed by atoms with Gasteiger partial charge in [-0.3, -0.25) is 14.4 Å². The van der Waals surface area contributed by atoms with E-state index in [0.717, 1.165) is 4.47 Å². The fourth-order valence-electron chi connectivity index (χ4n) is 2.67. The van der Waals surface area contributed by atoms with E-state index >= 15 is 0 Å². The van der Waals surface area contributed by atoms with Crippen LogP contribution in [0.25, 0.3) is 0 Å². The van der Waals surface area contributed by atoms with Crippen LogP contribution >= 0.6 is 15.9 Å². The summed E-state index contributed by atoms with van der Waals surface area (Å²) in [5.41, 5.74) is 1.17. The predicted octanol–water partition coefficient (Wildman–Crippen LogP) is 3.54. The normalized spacial score (nSPS) is 15.4. The van der Waals surface area contributed by atoms with E-state index in [1.54, 1.807) is 12.1 Å². The Balaban J connectivity index is 1.97. The first-order chi connectivity index (χ1) is 13.7. The van der Waals surface area contributed by atoms with Gasteiger partial charge >= 0.3 is 11.9 Å². The lowest BCUT2D eigenvalue weighted by molar-refractivity contribution is -0.135. The second-order valence-electron chi connectivity index (χ2n) is 6.14. The van der Waals surface area contributed by atoms with Crippen LogP contribution in [0.5, 0.6) is 11.5 Å². The van der Waals surface area contributed by atoms with Gasteiger partial charge in [-0.15, -0.1) is 5.10 Å².